The molecule has 3 N–H and O–H groups in total. The van der Waals surface area contributed by atoms with E-state index in [0.29, 0.717) is 0 Å². The van der Waals surface area contributed by atoms with Crippen molar-refractivity contribution in [2.24, 2.45) is 5.73 Å². The minimum Gasteiger partial charge on any atom is -0.392 e. The van der Waals surface area contributed by atoms with E-state index in [1.807, 2.05) is 27.0 Å². The van der Waals surface area contributed by atoms with Gasteiger partial charge in [0.1, 0.15) is 0 Å². The van der Waals surface area contributed by atoms with Crippen molar-refractivity contribution in [3.8, 4) is 0 Å². The van der Waals surface area contributed by atoms with Crippen molar-refractivity contribution < 1.29 is 0 Å². The van der Waals surface area contributed by atoms with Gasteiger partial charge in [-0.05, 0) is 19.9 Å². The molecule has 0 aliphatic carbocycles. The molecule has 0 spiro atoms. The number of nitrogens with one attached hydrogen (secondary N) is 1. The molecular formula is C6H14N2. The standard InChI is InChI=1S/C6H14N2/c1-5(7)4-6(2)8-3/h4-5,8H,7H2,1-3H3/b6-4-. The lowest BCUT2D eigenvalue weighted by atomic mass is 10.3. The fraction of sp³-hybridized carbons (Fsp3) is 0.667. The first-order chi connectivity index (χ1) is 3.66. The molecule has 0 saturated heterocycles. The molecule has 8 heavy (non-hydrogen) atoms. The lowest BCUT2D eigenvalue weighted by molar-refractivity contribution is 0.878. The molecule has 0 rings (SSSR count). The minimum atomic E-state index is 0.155. The van der Waals surface area contributed by atoms with Gasteiger partial charge in [-0.1, -0.05) is 0 Å². The second-order valence-corrected chi connectivity index (χ2v) is 1.96. The van der Waals surface area contributed by atoms with E-state index in [9.17, 15) is 0 Å². The summed E-state index contributed by atoms with van der Waals surface area (Å²) < 4.78 is 0. The average Bonchev–Trinajstić information content (AvgIpc) is 1.65. The second-order valence-electron chi connectivity index (χ2n) is 1.96. The van der Waals surface area contributed by atoms with Crippen molar-refractivity contribution in [1.82, 2.24) is 5.32 Å². The van der Waals surface area contributed by atoms with Crippen molar-refractivity contribution in [2.75, 3.05) is 7.05 Å². The van der Waals surface area contributed by atoms with E-state index in [-0.39, 0.29) is 6.04 Å². The van der Waals surface area contributed by atoms with Crippen molar-refractivity contribution >= 4 is 0 Å². The zero-order valence-electron chi connectivity index (χ0n) is 5.73. The molecule has 2 nitrogen and oxygen atoms in total. The lowest BCUT2D eigenvalue weighted by Gasteiger charge is -2.00. The maximum absolute atomic E-state index is 5.45. The summed E-state index contributed by atoms with van der Waals surface area (Å²) in [5.41, 5.74) is 6.58. The summed E-state index contributed by atoms with van der Waals surface area (Å²) in [6.07, 6.45) is 1.97. The molecule has 0 amide bonds. The number of allylic oxidation sites excluding steroid dienone is 1. The smallest absolute Gasteiger partial charge is 0.0214 e. The van der Waals surface area contributed by atoms with E-state index in [4.69, 9.17) is 5.73 Å². The Morgan fingerprint density at radius 1 is 1.75 bits per heavy atom. The molecule has 0 heterocycles. The molecule has 0 saturated carbocycles. The minimum absolute atomic E-state index is 0.155. The number of hydrogen-bond acceptors (Lipinski definition) is 2. The molecule has 2 heteroatoms. The predicted molar refractivity (Wildman–Crippen MR) is 36.5 cm³/mol. The van der Waals surface area contributed by atoms with E-state index < -0.39 is 0 Å². The van der Waals surface area contributed by atoms with Crippen LogP contribution in [-0.4, -0.2) is 13.1 Å². The SMILES string of the molecule is CN/C(C)=C\C(C)N. The number of nitrogens with two attached hydrogens (primary N) is 1. The zero-order valence-corrected chi connectivity index (χ0v) is 5.73. The van der Waals surface area contributed by atoms with Gasteiger partial charge in [-0.25, -0.2) is 0 Å². The molecule has 0 fully saturated rings. The first-order valence-electron chi connectivity index (χ1n) is 2.78. The summed E-state index contributed by atoms with van der Waals surface area (Å²) in [5.74, 6) is 0. The van der Waals surface area contributed by atoms with Crippen LogP contribution in [0.4, 0.5) is 0 Å². The third-order valence-electron chi connectivity index (χ3n) is 0.907. The van der Waals surface area contributed by atoms with E-state index in [1.54, 1.807) is 0 Å². The predicted octanol–water partition coefficient (Wildman–Crippen LogP) is 0.457. The highest BCUT2D eigenvalue weighted by molar-refractivity contribution is 4.98. The molecule has 48 valence electrons. The van der Waals surface area contributed by atoms with E-state index in [1.165, 1.54) is 0 Å². The molecule has 0 aromatic carbocycles. The van der Waals surface area contributed by atoms with E-state index in [0.717, 1.165) is 5.70 Å². The molecule has 0 radical (unpaired) electrons. The van der Waals surface area contributed by atoms with Crippen LogP contribution in [0, 0.1) is 0 Å². The highest BCUT2D eigenvalue weighted by Crippen LogP contribution is 1.85. The van der Waals surface area contributed by atoms with Crippen LogP contribution in [0.25, 0.3) is 0 Å². The fourth-order valence-electron chi connectivity index (χ4n) is 0.478. The fourth-order valence-corrected chi connectivity index (χ4v) is 0.478. The summed E-state index contributed by atoms with van der Waals surface area (Å²) in [5, 5.41) is 2.98. The van der Waals surface area contributed by atoms with Gasteiger partial charge in [-0.3, -0.25) is 0 Å². The molecule has 1 atom stereocenters. The summed E-state index contributed by atoms with van der Waals surface area (Å²) in [6, 6.07) is 0.155. The average molecular weight is 114 g/mol. The molecule has 0 aromatic heterocycles. The van der Waals surface area contributed by atoms with Crippen molar-refractivity contribution in [3.63, 3.8) is 0 Å². The van der Waals surface area contributed by atoms with Crippen molar-refractivity contribution in [2.45, 2.75) is 19.9 Å². The van der Waals surface area contributed by atoms with Gasteiger partial charge in [0.05, 0.1) is 0 Å². The van der Waals surface area contributed by atoms with Crippen LogP contribution >= 0.6 is 0 Å². The van der Waals surface area contributed by atoms with Crippen LogP contribution in [0.2, 0.25) is 0 Å². The maximum Gasteiger partial charge on any atom is 0.0214 e. The van der Waals surface area contributed by atoms with E-state index >= 15 is 0 Å². The molecule has 0 aliphatic rings. The van der Waals surface area contributed by atoms with Crippen molar-refractivity contribution in [3.05, 3.63) is 11.8 Å². The van der Waals surface area contributed by atoms with Gasteiger partial charge in [0, 0.05) is 18.8 Å². The molecular weight excluding hydrogens is 100 g/mol. The Balaban J connectivity index is 3.56. The van der Waals surface area contributed by atoms with Crippen molar-refractivity contribution in [1.29, 1.82) is 0 Å². The largest absolute Gasteiger partial charge is 0.392 e. The monoisotopic (exact) mass is 114 g/mol. The first-order valence-corrected chi connectivity index (χ1v) is 2.78. The van der Waals surface area contributed by atoms with Gasteiger partial charge in [0.15, 0.2) is 0 Å². The Kier molecular flexibility index (Phi) is 3.28. The Morgan fingerprint density at radius 3 is 2.38 bits per heavy atom. The van der Waals surface area contributed by atoms with Gasteiger partial charge >= 0.3 is 0 Å². The quantitative estimate of drug-likeness (QED) is 0.547. The third kappa shape index (κ3) is 3.68. The Labute approximate surface area is 50.8 Å². The van der Waals surface area contributed by atoms with Gasteiger partial charge in [0.2, 0.25) is 0 Å². The maximum atomic E-state index is 5.45. The van der Waals surface area contributed by atoms with Crippen LogP contribution in [0.3, 0.4) is 0 Å². The normalized spacial score (nSPS) is 15.8. The highest BCUT2D eigenvalue weighted by atomic mass is 14.8. The van der Waals surface area contributed by atoms with Gasteiger partial charge in [-0.2, -0.15) is 0 Å². The zero-order chi connectivity index (χ0) is 6.57. The van der Waals surface area contributed by atoms with Gasteiger partial charge in [0.25, 0.3) is 0 Å². The first kappa shape index (κ1) is 7.50. The summed E-state index contributed by atoms with van der Waals surface area (Å²) >= 11 is 0. The summed E-state index contributed by atoms with van der Waals surface area (Å²) in [7, 11) is 1.88. The van der Waals surface area contributed by atoms with Crippen LogP contribution in [0.5, 0.6) is 0 Å². The number of hydrogen-bond donors (Lipinski definition) is 2. The van der Waals surface area contributed by atoms with Crippen LogP contribution < -0.4 is 11.1 Å². The molecule has 0 aliphatic heterocycles. The Morgan fingerprint density at radius 2 is 2.25 bits per heavy atom. The third-order valence-corrected chi connectivity index (χ3v) is 0.907. The second kappa shape index (κ2) is 3.50. The highest BCUT2D eigenvalue weighted by Gasteiger charge is 1.85. The molecule has 1 unspecified atom stereocenters. The molecule has 0 aromatic rings. The van der Waals surface area contributed by atoms with Gasteiger partial charge < -0.3 is 11.1 Å². The topological polar surface area (TPSA) is 38.0 Å². The van der Waals surface area contributed by atoms with Crippen LogP contribution in [-0.2, 0) is 0 Å². The Hall–Kier alpha value is -0.500. The summed E-state index contributed by atoms with van der Waals surface area (Å²) in [6.45, 7) is 3.93. The Bertz CT molecular complexity index is 84.5. The molecule has 0 bridgehead atoms. The van der Waals surface area contributed by atoms with Gasteiger partial charge in [-0.15, -0.1) is 0 Å². The van der Waals surface area contributed by atoms with Crippen LogP contribution in [0.1, 0.15) is 13.8 Å². The van der Waals surface area contributed by atoms with Crippen LogP contribution in [0.15, 0.2) is 11.8 Å². The van der Waals surface area contributed by atoms with E-state index in [2.05, 4.69) is 5.32 Å². The number of rotatable bonds is 2. The summed E-state index contributed by atoms with van der Waals surface area (Å²) in [4.78, 5) is 0. The lowest BCUT2D eigenvalue weighted by Crippen LogP contribution is -2.14.